The minimum Gasteiger partial charge on any atom is -0.348 e. The maximum atomic E-state index is 13.1. The summed E-state index contributed by atoms with van der Waals surface area (Å²) in [5.41, 5.74) is -0.272. The molecule has 0 atom stereocenters. The van der Waals surface area contributed by atoms with E-state index >= 15 is 0 Å². The molecule has 0 aromatic carbocycles. The van der Waals surface area contributed by atoms with Crippen molar-refractivity contribution >= 4 is 17.5 Å². The summed E-state index contributed by atoms with van der Waals surface area (Å²) in [4.78, 5) is 15.0. The highest BCUT2D eigenvalue weighted by Crippen LogP contribution is 2.09. The minimum absolute atomic E-state index is 0.0670. The molecule has 1 aromatic heterocycles. The van der Waals surface area contributed by atoms with Crippen LogP contribution in [0.5, 0.6) is 0 Å². The molecule has 0 bridgehead atoms. The Hall–Kier alpha value is -1.16. The Morgan fingerprint density at radius 1 is 1.57 bits per heavy atom. The number of halogens is 2. The second-order valence-corrected chi connectivity index (χ2v) is 3.48. The minimum atomic E-state index is -0.674. The van der Waals surface area contributed by atoms with Gasteiger partial charge in [-0.3, -0.25) is 4.79 Å². The number of hydrogen-bond acceptors (Lipinski definition) is 2. The molecule has 0 radical (unpaired) electrons. The lowest BCUT2D eigenvalue weighted by atomic mass is 10.3. The second kappa shape index (κ2) is 4.37. The van der Waals surface area contributed by atoms with Gasteiger partial charge in [-0.15, -0.1) is 0 Å². The van der Waals surface area contributed by atoms with Gasteiger partial charge in [0, 0.05) is 6.04 Å². The van der Waals surface area contributed by atoms with E-state index in [4.69, 9.17) is 11.6 Å². The zero-order valence-electron chi connectivity index (χ0n) is 7.84. The molecule has 1 N–H and O–H groups in total. The number of aromatic nitrogens is 1. The van der Waals surface area contributed by atoms with E-state index in [1.807, 2.05) is 0 Å². The van der Waals surface area contributed by atoms with E-state index in [1.54, 1.807) is 13.8 Å². The summed E-state index contributed by atoms with van der Waals surface area (Å²) >= 11 is 5.54. The fourth-order valence-corrected chi connectivity index (χ4v) is 1.06. The highest BCUT2D eigenvalue weighted by atomic mass is 35.5. The molecule has 0 fully saturated rings. The largest absolute Gasteiger partial charge is 0.348 e. The molecular formula is C9H10ClFN2O. The van der Waals surface area contributed by atoms with E-state index in [0.717, 1.165) is 6.07 Å². The van der Waals surface area contributed by atoms with Gasteiger partial charge in [0.25, 0.3) is 5.91 Å². The summed E-state index contributed by atoms with van der Waals surface area (Å²) in [5.74, 6) is -1.23. The number of carbonyl (C=O) groups excluding carboxylic acids is 1. The van der Waals surface area contributed by atoms with Crippen molar-refractivity contribution in [2.75, 3.05) is 0 Å². The Bertz CT molecular complexity index is 355. The molecule has 1 heterocycles. The van der Waals surface area contributed by atoms with Gasteiger partial charge in [0.2, 0.25) is 0 Å². The Kier molecular flexibility index (Phi) is 3.41. The van der Waals surface area contributed by atoms with Crippen LogP contribution in [0, 0.1) is 5.82 Å². The van der Waals surface area contributed by atoms with E-state index in [0.29, 0.717) is 0 Å². The van der Waals surface area contributed by atoms with E-state index in [9.17, 15) is 9.18 Å². The Morgan fingerprint density at radius 3 is 2.79 bits per heavy atom. The quantitative estimate of drug-likeness (QED) is 0.769. The fourth-order valence-electron chi connectivity index (χ4n) is 0.908. The number of carbonyl (C=O) groups is 1. The van der Waals surface area contributed by atoms with E-state index in [-0.39, 0.29) is 16.9 Å². The Balaban J connectivity index is 2.94. The number of nitrogens with one attached hydrogen (secondary N) is 1. The lowest BCUT2D eigenvalue weighted by Crippen LogP contribution is -2.31. The van der Waals surface area contributed by atoms with Gasteiger partial charge in [-0.05, 0) is 26.0 Å². The maximum Gasteiger partial charge on any atom is 0.273 e. The average Bonchev–Trinajstić information content (AvgIpc) is 2.08. The first-order valence-corrected chi connectivity index (χ1v) is 4.51. The molecule has 0 saturated carbocycles. The van der Waals surface area contributed by atoms with E-state index in [2.05, 4.69) is 10.3 Å². The molecule has 5 heteroatoms. The van der Waals surface area contributed by atoms with Crippen LogP contribution in [0.1, 0.15) is 24.3 Å². The van der Waals surface area contributed by atoms with Gasteiger partial charge in [-0.2, -0.15) is 0 Å². The normalized spacial score (nSPS) is 10.4. The molecule has 0 aliphatic rings. The highest BCUT2D eigenvalue weighted by Gasteiger charge is 2.14. The van der Waals surface area contributed by atoms with Crippen LogP contribution in [0.3, 0.4) is 0 Å². The van der Waals surface area contributed by atoms with Gasteiger partial charge in [-0.25, -0.2) is 9.37 Å². The lowest BCUT2D eigenvalue weighted by Gasteiger charge is -2.07. The number of pyridine rings is 1. The first-order valence-electron chi connectivity index (χ1n) is 4.13. The molecule has 76 valence electrons. The summed E-state index contributed by atoms with van der Waals surface area (Å²) in [6.07, 6.45) is 0. The van der Waals surface area contributed by atoms with Crippen molar-refractivity contribution in [3.05, 3.63) is 28.8 Å². The zero-order valence-corrected chi connectivity index (χ0v) is 8.60. The topological polar surface area (TPSA) is 42.0 Å². The highest BCUT2D eigenvalue weighted by molar-refractivity contribution is 6.29. The molecule has 0 aliphatic heterocycles. The maximum absolute atomic E-state index is 13.1. The predicted molar refractivity (Wildman–Crippen MR) is 51.8 cm³/mol. The number of hydrogen-bond donors (Lipinski definition) is 1. The molecule has 1 rings (SSSR count). The smallest absolute Gasteiger partial charge is 0.273 e. The van der Waals surface area contributed by atoms with Crippen molar-refractivity contribution in [2.24, 2.45) is 0 Å². The van der Waals surface area contributed by atoms with Crippen molar-refractivity contribution < 1.29 is 9.18 Å². The van der Waals surface area contributed by atoms with Gasteiger partial charge in [0.1, 0.15) is 5.15 Å². The summed E-state index contributed by atoms with van der Waals surface area (Å²) in [5, 5.41) is 2.62. The van der Waals surface area contributed by atoms with Gasteiger partial charge in [0.15, 0.2) is 11.5 Å². The molecule has 0 aliphatic carbocycles. The summed E-state index contributed by atoms with van der Waals surface area (Å²) < 4.78 is 13.1. The Morgan fingerprint density at radius 2 is 2.21 bits per heavy atom. The van der Waals surface area contributed by atoms with Crippen molar-refractivity contribution in [3.8, 4) is 0 Å². The van der Waals surface area contributed by atoms with Gasteiger partial charge in [-0.1, -0.05) is 11.6 Å². The third kappa shape index (κ3) is 2.67. The molecule has 3 nitrogen and oxygen atoms in total. The summed E-state index contributed by atoms with van der Waals surface area (Å²) in [6.45, 7) is 3.56. The van der Waals surface area contributed by atoms with Crippen molar-refractivity contribution in [1.29, 1.82) is 0 Å². The SMILES string of the molecule is CC(C)NC(=O)c1nc(Cl)ccc1F. The average molecular weight is 217 g/mol. The van der Waals surface area contributed by atoms with E-state index in [1.165, 1.54) is 6.07 Å². The molecular weight excluding hydrogens is 207 g/mol. The van der Waals surface area contributed by atoms with Crippen molar-refractivity contribution in [3.63, 3.8) is 0 Å². The van der Waals surface area contributed by atoms with Crippen LogP contribution < -0.4 is 5.32 Å². The summed E-state index contributed by atoms with van der Waals surface area (Å²) in [6, 6.07) is 2.34. The second-order valence-electron chi connectivity index (χ2n) is 3.09. The van der Waals surface area contributed by atoms with Crippen LogP contribution in [0.2, 0.25) is 5.15 Å². The van der Waals surface area contributed by atoms with Crippen LogP contribution in [-0.4, -0.2) is 16.9 Å². The molecule has 1 aromatic rings. The number of rotatable bonds is 2. The molecule has 0 unspecified atom stereocenters. The van der Waals surface area contributed by atoms with Crippen LogP contribution in [-0.2, 0) is 0 Å². The van der Waals surface area contributed by atoms with Gasteiger partial charge in [0.05, 0.1) is 0 Å². The van der Waals surface area contributed by atoms with Gasteiger partial charge < -0.3 is 5.32 Å². The molecule has 14 heavy (non-hydrogen) atoms. The first-order chi connectivity index (χ1) is 6.50. The predicted octanol–water partition coefficient (Wildman–Crippen LogP) is 2.01. The molecule has 1 amide bonds. The Labute approximate surface area is 86.3 Å². The monoisotopic (exact) mass is 216 g/mol. The standard InChI is InChI=1S/C9H10ClFN2O/c1-5(2)12-9(14)8-6(11)3-4-7(10)13-8/h3-5H,1-2H3,(H,12,14). The lowest BCUT2D eigenvalue weighted by molar-refractivity contribution is 0.0933. The van der Waals surface area contributed by atoms with E-state index < -0.39 is 11.7 Å². The fraction of sp³-hybridized carbons (Fsp3) is 0.333. The number of amides is 1. The van der Waals surface area contributed by atoms with Crippen LogP contribution in [0.4, 0.5) is 4.39 Å². The number of nitrogens with zero attached hydrogens (tertiary/aromatic N) is 1. The molecule has 0 saturated heterocycles. The zero-order chi connectivity index (χ0) is 10.7. The van der Waals surface area contributed by atoms with Crippen LogP contribution >= 0.6 is 11.6 Å². The summed E-state index contributed by atoms with van der Waals surface area (Å²) in [7, 11) is 0. The van der Waals surface area contributed by atoms with Crippen molar-refractivity contribution in [2.45, 2.75) is 19.9 Å². The third-order valence-corrected chi connectivity index (χ3v) is 1.66. The van der Waals surface area contributed by atoms with Crippen molar-refractivity contribution in [1.82, 2.24) is 10.3 Å². The van der Waals surface area contributed by atoms with Crippen LogP contribution in [0.25, 0.3) is 0 Å². The van der Waals surface area contributed by atoms with Gasteiger partial charge >= 0.3 is 0 Å². The first kappa shape index (κ1) is 10.9. The third-order valence-electron chi connectivity index (χ3n) is 1.45. The van der Waals surface area contributed by atoms with Crippen LogP contribution in [0.15, 0.2) is 12.1 Å². The molecule has 0 spiro atoms.